The number of amides is 2. The second-order valence-corrected chi connectivity index (χ2v) is 5.55. The molecule has 1 rings (SSSR count). The molecule has 0 aliphatic carbocycles. The Kier molecular flexibility index (Phi) is 7.25. The van der Waals surface area contributed by atoms with Crippen LogP contribution >= 0.6 is 0 Å². The Bertz CT molecular complexity index is 539. The van der Waals surface area contributed by atoms with Gasteiger partial charge in [0.25, 0.3) is 0 Å². The number of hydrogen-bond acceptors (Lipinski definition) is 3. The predicted octanol–water partition coefficient (Wildman–Crippen LogP) is 1.50. The lowest BCUT2D eigenvalue weighted by atomic mass is 9.89. The average molecular weight is 320 g/mol. The number of carbonyl (C=O) groups excluding carboxylic acids is 2. The molecule has 0 saturated carbocycles. The fraction of sp³-hybridized carbons (Fsp3) is 0.471. The summed E-state index contributed by atoms with van der Waals surface area (Å²) < 4.78 is 0. The van der Waals surface area contributed by atoms with Crippen molar-refractivity contribution in [2.75, 3.05) is 6.54 Å². The zero-order valence-electron chi connectivity index (χ0n) is 13.6. The van der Waals surface area contributed by atoms with Gasteiger partial charge in [-0.05, 0) is 18.4 Å². The van der Waals surface area contributed by atoms with Gasteiger partial charge in [-0.1, -0.05) is 44.2 Å². The SMILES string of the molecule is CCC(CC)(CC(=O)O)NC(=O)CNC(=O)Cc1ccccc1. The average Bonchev–Trinajstić information content (AvgIpc) is 2.52. The molecule has 1 aromatic rings. The third-order valence-electron chi connectivity index (χ3n) is 3.90. The van der Waals surface area contributed by atoms with E-state index in [1.165, 1.54) is 0 Å². The van der Waals surface area contributed by atoms with Crippen molar-refractivity contribution < 1.29 is 19.5 Å². The number of hydrogen-bond donors (Lipinski definition) is 3. The van der Waals surface area contributed by atoms with Gasteiger partial charge in [0.1, 0.15) is 0 Å². The van der Waals surface area contributed by atoms with Crippen LogP contribution in [0.25, 0.3) is 0 Å². The van der Waals surface area contributed by atoms with E-state index < -0.39 is 11.5 Å². The predicted molar refractivity (Wildman–Crippen MR) is 86.9 cm³/mol. The molecule has 0 saturated heterocycles. The Labute approximate surface area is 136 Å². The minimum atomic E-state index is -0.956. The summed E-state index contributed by atoms with van der Waals surface area (Å²) in [5.41, 5.74) is 0.0975. The molecule has 6 nitrogen and oxygen atoms in total. The van der Waals surface area contributed by atoms with Crippen LogP contribution in [0.5, 0.6) is 0 Å². The summed E-state index contributed by atoms with van der Waals surface area (Å²) in [5, 5.41) is 14.3. The standard InChI is InChI=1S/C17H24N2O4/c1-3-17(4-2,11-16(22)23)19-15(21)12-18-14(20)10-13-8-6-5-7-9-13/h5-9H,3-4,10-12H2,1-2H3,(H,18,20)(H,19,21)(H,22,23). The third-order valence-corrected chi connectivity index (χ3v) is 3.90. The van der Waals surface area contributed by atoms with Gasteiger partial charge in [-0.3, -0.25) is 14.4 Å². The molecule has 0 aliphatic rings. The van der Waals surface area contributed by atoms with Crippen molar-refractivity contribution in [2.45, 2.75) is 45.1 Å². The fourth-order valence-electron chi connectivity index (χ4n) is 2.37. The van der Waals surface area contributed by atoms with Gasteiger partial charge in [0.05, 0.1) is 24.9 Å². The normalized spacial score (nSPS) is 10.9. The number of carboxylic acids is 1. The van der Waals surface area contributed by atoms with E-state index in [0.29, 0.717) is 12.8 Å². The molecule has 0 spiro atoms. The zero-order valence-corrected chi connectivity index (χ0v) is 13.6. The summed E-state index contributed by atoms with van der Waals surface area (Å²) in [6, 6.07) is 9.24. The van der Waals surface area contributed by atoms with Crippen LogP contribution in [0.15, 0.2) is 30.3 Å². The van der Waals surface area contributed by atoms with Crippen molar-refractivity contribution in [1.29, 1.82) is 0 Å². The largest absolute Gasteiger partial charge is 0.481 e. The number of benzene rings is 1. The van der Waals surface area contributed by atoms with Crippen LogP contribution in [0.2, 0.25) is 0 Å². The molecule has 0 aliphatic heterocycles. The molecule has 6 heteroatoms. The maximum Gasteiger partial charge on any atom is 0.305 e. The van der Waals surface area contributed by atoms with E-state index in [1.807, 2.05) is 44.2 Å². The summed E-state index contributed by atoms with van der Waals surface area (Å²) in [5.74, 6) is -1.58. The van der Waals surface area contributed by atoms with Crippen LogP contribution in [0.1, 0.15) is 38.7 Å². The zero-order chi connectivity index (χ0) is 17.3. The van der Waals surface area contributed by atoms with Gasteiger partial charge < -0.3 is 15.7 Å². The van der Waals surface area contributed by atoms with Gasteiger partial charge in [-0.2, -0.15) is 0 Å². The highest BCUT2D eigenvalue weighted by Crippen LogP contribution is 2.19. The number of aliphatic carboxylic acids is 1. The molecule has 0 unspecified atom stereocenters. The molecular weight excluding hydrogens is 296 g/mol. The summed E-state index contributed by atoms with van der Waals surface area (Å²) in [6.07, 6.45) is 1.10. The summed E-state index contributed by atoms with van der Waals surface area (Å²) in [7, 11) is 0. The van der Waals surface area contributed by atoms with Crippen molar-refractivity contribution in [3.63, 3.8) is 0 Å². The van der Waals surface area contributed by atoms with E-state index >= 15 is 0 Å². The van der Waals surface area contributed by atoms with Crippen LogP contribution in [-0.2, 0) is 20.8 Å². The quantitative estimate of drug-likeness (QED) is 0.642. The monoisotopic (exact) mass is 320 g/mol. The third kappa shape index (κ3) is 6.50. The van der Waals surface area contributed by atoms with Crippen molar-refractivity contribution in [1.82, 2.24) is 10.6 Å². The first kappa shape index (κ1) is 18.7. The first-order valence-corrected chi connectivity index (χ1v) is 7.74. The van der Waals surface area contributed by atoms with Crippen LogP contribution in [0.4, 0.5) is 0 Å². The fourth-order valence-corrected chi connectivity index (χ4v) is 2.37. The Morgan fingerprint density at radius 3 is 2.17 bits per heavy atom. The highest BCUT2D eigenvalue weighted by atomic mass is 16.4. The van der Waals surface area contributed by atoms with Crippen LogP contribution < -0.4 is 10.6 Å². The molecule has 0 heterocycles. The second-order valence-electron chi connectivity index (χ2n) is 5.55. The summed E-state index contributed by atoms with van der Waals surface area (Å²) >= 11 is 0. The Hall–Kier alpha value is -2.37. The molecule has 23 heavy (non-hydrogen) atoms. The van der Waals surface area contributed by atoms with E-state index in [4.69, 9.17) is 5.11 Å². The molecule has 0 aromatic heterocycles. The van der Waals surface area contributed by atoms with Gasteiger partial charge in [0.15, 0.2) is 0 Å². The van der Waals surface area contributed by atoms with E-state index in [1.54, 1.807) is 0 Å². The second kappa shape index (κ2) is 8.92. The minimum Gasteiger partial charge on any atom is -0.481 e. The number of rotatable bonds is 9. The molecule has 0 atom stereocenters. The number of carboxylic acid groups (broad SMARTS) is 1. The molecule has 3 N–H and O–H groups in total. The van der Waals surface area contributed by atoms with Gasteiger partial charge in [0, 0.05) is 0 Å². The van der Waals surface area contributed by atoms with Crippen molar-refractivity contribution in [2.24, 2.45) is 0 Å². The highest BCUT2D eigenvalue weighted by molar-refractivity contribution is 5.86. The van der Waals surface area contributed by atoms with Crippen molar-refractivity contribution in [3.05, 3.63) is 35.9 Å². The topological polar surface area (TPSA) is 95.5 Å². The summed E-state index contributed by atoms with van der Waals surface area (Å²) in [4.78, 5) is 34.8. The van der Waals surface area contributed by atoms with E-state index in [2.05, 4.69) is 10.6 Å². The Morgan fingerprint density at radius 2 is 1.65 bits per heavy atom. The lowest BCUT2D eigenvalue weighted by molar-refractivity contribution is -0.139. The number of nitrogens with one attached hydrogen (secondary N) is 2. The lowest BCUT2D eigenvalue weighted by Crippen LogP contribution is -2.52. The van der Waals surface area contributed by atoms with Crippen LogP contribution in [0.3, 0.4) is 0 Å². The molecule has 0 radical (unpaired) electrons. The van der Waals surface area contributed by atoms with Gasteiger partial charge in [0.2, 0.25) is 11.8 Å². The minimum absolute atomic E-state index is 0.135. The van der Waals surface area contributed by atoms with Crippen LogP contribution in [0, 0.1) is 0 Å². The first-order valence-electron chi connectivity index (χ1n) is 7.74. The van der Waals surface area contributed by atoms with E-state index in [0.717, 1.165) is 5.56 Å². The smallest absolute Gasteiger partial charge is 0.305 e. The molecule has 0 fully saturated rings. The van der Waals surface area contributed by atoms with E-state index in [9.17, 15) is 14.4 Å². The number of carbonyl (C=O) groups is 3. The van der Waals surface area contributed by atoms with Crippen LogP contribution in [-0.4, -0.2) is 35.0 Å². The van der Waals surface area contributed by atoms with Gasteiger partial charge >= 0.3 is 5.97 Å². The first-order chi connectivity index (χ1) is 10.9. The van der Waals surface area contributed by atoms with E-state index in [-0.39, 0.29) is 31.2 Å². The van der Waals surface area contributed by atoms with Gasteiger partial charge in [-0.25, -0.2) is 0 Å². The highest BCUT2D eigenvalue weighted by Gasteiger charge is 2.30. The maximum absolute atomic E-state index is 12.0. The molecule has 126 valence electrons. The molecule has 1 aromatic carbocycles. The van der Waals surface area contributed by atoms with Crippen molar-refractivity contribution in [3.8, 4) is 0 Å². The Morgan fingerprint density at radius 1 is 1.04 bits per heavy atom. The lowest BCUT2D eigenvalue weighted by Gasteiger charge is -2.31. The maximum atomic E-state index is 12.0. The summed E-state index contributed by atoms with van der Waals surface area (Å²) in [6.45, 7) is 3.51. The van der Waals surface area contributed by atoms with Gasteiger partial charge in [-0.15, -0.1) is 0 Å². The van der Waals surface area contributed by atoms with Crippen molar-refractivity contribution >= 4 is 17.8 Å². The molecular formula is C17H24N2O4. The Balaban J connectivity index is 2.48. The molecule has 0 bridgehead atoms. The molecule has 2 amide bonds.